The fourth-order valence-corrected chi connectivity index (χ4v) is 1.36. The average Bonchev–Trinajstić information content (AvgIpc) is 2.22. The van der Waals surface area contributed by atoms with Gasteiger partial charge in [-0.25, -0.2) is 9.97 Å². The smallest absolute Gasteiger partial charge is 0.134 e. The molecule has 0 saturated carbocycles. The number of anilines is 2. The van der Waals surface area contributed by atoms with Gasteiger partial charge in [0, 0.05) is 18.2 Å². The number of aromatic nitrogens is 2. The van der Waals surface area contributed by atoms with Gasteiger partial charge >= 0.3 is 0 Å². The maximum atomic E-state index is 4.31. The van der Waals surface area contributed by atoms with E-state index in [1.165, 1.54) is 0 Å². The fourth-order valence-electron chi connectivity index (χ4n) is 1.36. The van der Waals surface area contributed by atoms with Crippen LogP contribution in [-0.4, -0.2) is 22.6 Å². The Morgan fingerprint density at radius 1 is 1.24 bits per heavy atom. The molecule has 0 radical (unpaired) electrons. The van der Waals surface area contributed by atoms with Crippen molar-refractivity contribution >= 4 is 11.6 Å². The van der Waals surface area contributed by atoms with Crippen molar-refractivity contribution < 1.29 is 0 Å². The number of nitrogens with zero attached hydrogens (tertiary/aromatic N) is 2. The van der Waals surface area contributed by atoms with Gasteiger partial charge in [-0.1, -0.05) is 20.8 Å². The summed E-state index contributed by atoms with van der Waals surface area (Å²) in [4.78, 5) is 8.55. The first-order chi connectivity index (χ1) is 7.86. The summed E-state index contributed by atoms with van der Waals surface area (Å²) in [6.07, 6.45) is 1.60. The van der Waals surface area contributed by atoms with Crippen LogP contribution in [-0.2, 0) is 0 Å². The van der Waals surface area contributed by atoms with Crippen LogP contribution in [0.3, 0.4) is 0 Å². The minimum absolute atomic E-state index is 0.204. The zero-order valence-electron chi connectivity index (χ0n) is 11.8. The van der Waals surface area contributed by atoms with Crippen molar-refractivity contribution in [3.63, 3.8) is 0 Å². The molecule has 0 bridgehead atoms. The van der Waals surface area contributed by atoms with Crippen LogP contribution in [0.25, 0.3) is 0 Å². The zero-order chi connectivity index (χ0) is 13.1. The fraction of sp³-hybridized carbons (Fsp3) is 0.692. The molecule has 1 aromatic rings. The lowest BCUT2D eigenvalue weighted by molar-refractivity contribution is 0.358. The van der Waals surface area contributed by atoms with E-state index in [0.717, 1.165) is 23.7 Å². The Balaban J connectivity index is 2.88. The lowest BCUT2D eigenvalue weighted by Crippen LogP contribution is -2.31. The van der Waals surface area contributed by atoms with Crippen molar-refractivity contribution in [3.8, 4) is 0 Å². The lowest BCUT2D eigenvalue weighted by Gasteiger charge is -2.29. The Labute approximate surface area is 104 Å². The van der Waals surface area contributed by atoms with Crippen LogP contribution in [0.1, 0.15) is 40.2 Å². The van der Waals surface area contributed by atoms with Crippen molar-refractivity contribution in [2.75, 3.05) is 17.2 Å². The van der Waals surface area contributed by atoms with Gasteiger partial charge in [0.2, 0.25) is 0 Å². The molecule has 2 N–H and O–H groups in total. The Morgan fingerprint density at radius 3 is 2.35 bits per heavy atom. The lowest BCUT2D eigenvalue weighted by atomic mass is 9.88. The second-order valence-electron chi connectivity index (χ2n) is 5.46. The molecule has 0 aliphatic heterocycles. The van der Waals surface area contributed by atoms with Gasteiger partial charge in [0.15, 0.2) is 0 Å². The summed E-state index contributed by atoms with van der Waals surface area (Å²) in [6.45, 7) is 13.8. The molecule has 17 heavy (non-hydrogen) atoms. The van der Waals surface area contributed by atoms with E-state index in [2.05, 4.69) is 55.2 Å². The molecule has 0 aromatic carbocycles. The molecular weight excluding hydrogens is 212 g/mol. The molecular formula is C13H24N4. The largest absolute Gasteiger partial charge is 0.370 e. The number of hydrogen-bond acceptors (Lipinski definition) is 4. The van der Waals surface area contributed by atoms with Gasteiger partial charge in [-0.2, -0.15) is 0 Å². The Bertz CT molecular complexity index is 368. The maximum absolute atomic E-state index is 4.31. The molecule has 1 rings (SSSR count). The minimum Gasteiger partial charge on any atom is -0.370 e. The third kappa shape index (κ3) is 3.58. The molecule has 1 heterocycles. The van der Waals surface area contributed by atoms with E-state index in [-0.39, 0.29) is 5.41 Å². The monoisotopic (exact) mass is 236 g/mol. The molecule has 0 aliphatic carbocycles. The van der Waals surface area contributed by atoms with Crippen molar-refractivity contribution in [2.45, 2.75) is 47.6 Å². The standard InChI is InChI=1S/C13H24N4/c1-7-14-11-9(2)12(16-8-15-11)17-10(3)13(4,5)6/h8,10H,7H2,1-6H3,(H2,14,15,16,17). The summed E-state index contributed by atoms with van der Waals surface area (Å²) in [5, 5.41) is 6.69. The van der Waals surface area contributed by atoms with Crippen molar-refractivity contribution in [1.29, 1.82) is 0 Å². The average molecular weight is 236 g/mol. The van der Waals surface area contributed by atoms with Crippen LogP contribution in [0.4, 0.5) is 11.6 Å². The molecule has 4 heteroatoms. The van der Waals surface area contributed by atoms with Gasteiger partial charge in [0.05, 0.1) is 0 Å². The molecule has 0 fully saturated rings. The normalized spacial score (nSPS) is 13.3. The first-order valence-corrected chi connectivity index (χ1v) is 6.18. The Hall–Kier alpha value is -1.32. The predicted octanol–water partition coefficient (Wildman–Crippen LogP) is 3.06. The van der Waals surface area contributed by atoms with Crippen LogP contribution in [0.15, 0.2) is 6.33 Å². The van der Waals surface area contributed by atoms with Crippen molar-refractivity contribution in [3.05, 3.63) is 11.9 Å². The zero-order valence-corrected chi connectivity index (χ0v) is 11.8. The van der Waals surface area contributed by atoms with E-state index in [1.54, 1.807) is 6.33 Å². The highest BCUT2D eigenvalue weighted by molar-refractivity contribution is 5.56. The van der Waals surface area contributed by atoms with Gasteiger partial charge in [-0.3, -0.25) is 0 Å². The summed E-state index contributed by atoms with van der Waals surface area (Å²) in [7, 11) is 0. The Morgan fingerprint density at radius 2 is 1.82 bits per heavy atom. The molecule has 1 atom stereocenters. The van der Waals surface area contributed by atoms with E-state index >= 15 is 0 Å². The molecule has 0 aliphatic rings. The molecule has 1 unspecified atom stereocenters. The SMILES string of the molecule is CCNc1ncnc(NC(C)C(C)(C)C)c1C. The highest BCUT2D eigenvalue weighted by Gasteiger charge is 2.21. The van der Waals surface area contributed by atoms with E-state index in [0.29, 0.717) is 6.04 Å². The van der Waals surface area contributed by atoms with Gasteiger partial charge < -0.3 is 10.6 Å². The summed E-state index contributed by atoms with van der Waals surface area (Å²) in [6, 6.07) is 0.352. The highest BCUT2D eigenvalue weighted by Crippen LogP contribution is 2.25. The van der Waals surface area contributed by atoms with Crippen LogP contribution >= 0.6 is 0 Å². The first kappa shape index (κ1) is 13.7. The van der Waals surface area contributed by atoms with Crippen LogP contribution in [0.2, 0.25) is 0 Å². The van der Waals surface area contributed by atoms with Gasteiger partial charge in [0.25, 0.3) is 0 Å². The number of rotatable bonds is 4. The summed E-state index contributed by atoms with van der Waals surface area (Å²) in [5.41, 5.74) is 1.28. The van der Waals surface area contributed by atoms with Gasteiger partial charge in [-0.05, 0) is 26.2 Å². The van der Waals surface area contributed by atoms with Crippen molar-refractivity contribution in [1.82, 2.24) is 9.97 Å². The molecule has 0 spiro atoms. The number of hydrogen-bond donors (Lipinski definition) is 2. The third-order valence-electron chi connectivity index (χ3n) is 3.08. The van der Waals surface area contributed by atoms with Crippen LogP contribution in [0.5, 0.6) is 0 Å². The van der Waals surface area contributed by atoms with Crippen molar-refractivity contribution in [2.24, 2.45) is 5.41 Å². The van der Waals surface area contributed by atoms with E-state index in [9.17, 15) is 0 Å². The van der Waals surface area contributed by atoms with Gasteiger partial charge in [-0.15, -0.1) is 0 Å². The highest BCUT2D eigenvalue weighted by atomic mass is 15.1. The van der Waals surface area contributed by atoms with Gasteiger partial charge in [0.1, 0.15) is 18.0 Å². The predicted molar refractivity (Wildman–Crippen MR) is 73.5 cm³/mol. The number of nitrogens with one attached hydrogen (secondary N) is 2. The van der Waals surface area contributed by atoms with Crippen LogP contribution < -0.4 is 10.6 Å². The van der Waals surface area contributed by atoms with E-state index in [4.69, 9.17) is 0 Å². The summed E-state index contributed by atoms with van der Waals surface area (Å²) < 4.78 is 0. The molecule has 0 amide bonds. The second kappa shape index (κ2) is 5.34. The summed E-state index contributed by atoms with van der Waals surface area (Å²) >= 11 is 0. The van der Waals surface area contributed by atoms with E-state index in [1.807, 2.05) is 6.92 Å². The second-order valence-corrected chi connectivity index (χ2v) is 5.46. The van der Waals surface area contributed by atoms with Crippen LogP contribution in [0, 0.1) is 12.3 Å². The third-order valence-corrected chi connectivity index (χ3v) is 3.08. The quantitative estimate of drug-likeness (QED) is 0.843. The topological polar surface area (TPSA) is 49.8 Å². The maximum Gasteiger partial charge on any atom is 0.134 e. The molecule has 96 valence electrons. The Kier molecular flexibility index (Phi) is 4.32. The molecule has 4 nitrogen and oxygen atoms in total. The van der Waals surface area contributed by atoms with E-state index < -0.39 is 0 Å². The molecule has 0 saturated heterocycles. The minimum atomic E-state index is 0.204. The first-order valence-electron chi connectivity index (χ1n) is 6.18. The molecule has 1 aromatic heterocycles. The summed E-state index contributed by atoms with van der Waals surface area (Å²) in [5.74, 6) is 1.82.